The minimum Gasteiger partial charge on any atom is -0.273 e. The van der Waals surface area contributed by atoms with Crippen molar-refractivity contribution in [3.05, 3.63) is 68.8 Å². The van der Waals surface area contributed by atoms with Gasteiger partial charge in [0.05, 0.1) is 5.69 Å². The number of aryl methyl sites for hydroxylation is 1. The summed E-state index contributed by atoms with van der Waals surface area (Å²) in [6.45, 7) is 1.86. The molecule has 5 nitrogen and oxygen atoms in total. The van der Waals surface area contributed by atoms with Crippen molar-refractivity contribution in [2.75, 3.05) is 4.90 Å². The first-order valence-corrected chi connectivity index (χ1v) is 8.27. The molecule has 2 aromatic rings. The van der Waals surface area contributed by atoms with Gasteiger partial charge in [0.1, 0.15) is 5.57 Å². The lowest BCUT2D eigenvalue weighted by molar-refractivity contribution is -0.122. The molecule has 4 amide bonds. The maximum absolute atomic E-state index is 12.7. The lowest BCUT2D eigenvalue weighted by Crippen LogP contribution is -2.54. The van der Waals surface area contributed by atoms with Gasteiger partial charge in [0.2, 0.25) is 0 Å². The first kappa shape index (κ1) is 16.4. The van der Waals surface area contributed by atoms with Gasteiger partial charge in [-0.15, -0.1) is 0 Å². The zero-order valence-electron chi connectivity index (χ0n) is 12.7. The molecule has 6 heteroatoms. The molecule has 0 atom stereocenters. The topological polar surface area (TPSA) is 66.5 Å². The van der Waals surface area contributed by atoms with Gasteiger partial charge in [-0.25, -0.2) is 9.69 Å². The minimum absolute atomic E-state index is 0.0719. The molecule has 1 aliphatic rings. The summed E-state index contributed by atoms with van der Waals surface area (Å²) in [6.07, 6.45) is 1.49. The Bertz CT molecular complexity index is 872. The van der Waals surface area contributed by atoms with Gasteiger partial charge in [0.15, 0.2) is 0 Å². The van der Waals surface area contributed by atoms with Gasteiger partial charge >= 0.3 is 6.03 Å². The fraction of sp³-hybridized carbons (Fsp3) is 0.0556. The summed E-state index contributed by atoms with van der Waals surface area (Å²) in [5.41, 5.74) is 1.98. The van der Waals surface area contributed by atoms with Gasteiger partial charge in [-0.2, -0.15) is 0 Å². The predicted molar refractivity (Wildman–Crippen MR) is 99.3 cm³/mol. The molecule has 3 rings (SSSR count). The molecule has 1 aliphatic heterocycles. The summed E-state index contributed by atoms with van der Waals surface area (Å²) in [6, 6.07) is 13.6. The number of amides is 4. The number of carbonyl (C=O) groups is 3. The summed E-state index contributed by atoms with van der Waals surface area (Å²) in [5.74, 6) is -1.32. The maximum atomic E-state index is 12.7. The molecule has 0 saturated carbocycles. The Hall–Kier alpha value is -2.48. The molecular weight excluding hydrogens is 419 g/mol. The van der Waals surface area contributed by atoms with Gasteiger partial charge in [-0.1, -0.05) is 24.3 Å². The Labute approximate surface area is 152 Å². The molecule has 120 valence electrons. The summed E-state index contributed by atoms with van der Waals surface area (Å²) in [4.78, 5) is 37.9. The van der Waals surface area contributed by atoms with E-state index in [-0.39, 0.29) is 5.57 Å². The van der Waals surface area contributed by atoms with E-state index in [1.165, 1.54) is 6.08 Å². The second-order valence-electron chi connectivity index (χ2n) is 5.35. The molecule has 0 aliphatic carbocycles. The lowest BCUT2D eigenvalue weighted by Gasteiger charge is -2.26. The zero-order valence-corrected chi connectivity index (χ0v) is 14.9. The molecule has 1 fully saturated rings. The quantitative estimate of drug-likeness (QED) is 0.450. The predicted octanol–water partition coefficient (Wildman–Crippen LogP) is 3.27. The molecule has 0 bridgehead atoms. The van der Waals surface area contributed by atoms with Crippen LogP contribution in [0.3, 0.4) is 0 Å². The van der Waals surface area contributed by atoms with Gasteiger partial charge in [0.25, 0.3) is 11.8 Å². The fourth-order valence-electron chi connectivity index (χ4n) is 2.38. The highest BCUT2D eigenvalue weighted by Crippen LogP contribution is 2.22. The van der Waals surface area contributed by atoms with E-state index in [0.717, 1.165) is 14.0 Å². The number of carbonyl (C=O) groups excluding carboxylic acids is 3. The SMILES string of the molecule is Cc1cccc(N2C(=O)NC(=O)/C(=C\c3ccc(I)cc3)C2=O)c1. The Morgan fingerprint density at radius 2 is 1.75 bits per heavy atom. The van der Waals surface area contributed by atoms with Crippen LogP contribution >= 0.6 is 22.6 Å². The molecule has 1 N–H and O–H groups in total. The van der Waals surface area contributed by atoms with Crippen LogP contribution in [0.15, 0.2) is 54.1 Å². The molecule has 0 unspecified atom stereocenters. The molecule has 0 spiro atoms. The van der Waals surface area contributed by atoms with Crippen LogP contribution in [0.1, 0.15) is 11.1 Å². The van der Waals surface area contributed by atoms with Crippen LogP contribution in [0.4, 0.5) is 10.5 Å². The number of barbiturate groups is 1. The number of rotatable bonds is 2. The van der Waals surface area contributed by atoms with Crippen molar-refractivity contribution in [3.8, 4) is 0 Å². The van der Waals surface area contributed by atoms with Crippen molar-refractivity contribution < 1.29 is 14.4 Å². The molecule has 0 radical (unpaired) electrons. The Morgan fingerprint density at radius 1 is 1.04 bits per heavy atom. The Morgan fingerprint density at radius 3 is 2.42 bits per heavy atom. The normalized spacial score (nSPS) is 16.5. The first-order chi connectivity index (χ1) is 11.5. The monoisotopic (exact) mass is 432 g/mol. The highest BCUT2D eigenvalue weighted by Gasteiger charge is 2.36. The number of imide groups is 2. The van der Waals surface area contributed by atoms with Gasteiger partial charge in [-0.05, 0) is 71.0 Å². The first-order valence-electron chi connectivity index (χ1n) is 7.19. The summed E-state index contributed by atoms with van der Waals surface area (Å²) in [7, 11) is 0. The van der Waals surface area contributed by atoms with Crippen LogP contribution in [-0.2, 0) is 9.59 Å². The second kappa shape index (κ2) is 6.56. The Balaban J connectivity index is 2.01. The number of nitrogens with one attached hydrogen (secondary N) is 1. The molecule has 2 aromatic carbocycles. The molecule has 1 heterocycles. The number of anilines is 1. The second-order valence-corrected chi connectivity index (χ2v) is 6.59. The van der Waals surface area contributed by atoms with E-state index >= 15 is 0 Å². The number of urea groups is 1. The van der Waals surface area contributed by atoms with E-state index in [9.17, 15) is 14.4 Å². The highest BCUT2D eigenvalue weighted by atomic mass is 127. The molecule has 24 heavy (non-hydrogen) atoms. The molecule has 0 aromatic heterocycles. The average Bonchev–Trinajstić information content (AvgIpc) is 2.53. The van der Waals surface area contributed by atoms with E-state index in [0.29, 0.717) is 11.3 Å². The number of halogens is 1. The van der Waals surface area contributed by atoms with E-state index in [1.54, 1.807) is 18.2 Å². The van der Waals surface area contributed by atoms with E-state index in [1.807, 2.05) is 37.3 Å². The van der Waals surface area contributed by atoms with E-state index in [4.69, 9.17) is 0 Å². The van der Waals surface area contributed by atoms with Gasteiger partial charge < -0.3 is 0 Å². The van der Waals surface area contributed by atoms with E-state index in [2.05, 4.69) is 27.9 Å². The fourth-order valence-corrected chi connectivity index (χ4v) is 2.74. The number of hydrogen-bond donors (Lipinski definition) is 1. The molecular formula is C18H13IN2O3. The lowest BCUT2D eigenvalue weighted by atomic mass is 10.1. The third-order valence-corrected chi connectivity index (χ3v) is 4.26. The smallest absolute Gasteiger partial charge is 0.273 e. The van der Waals surface area contributed by atoms with Crippen LogP contribution in [-0.4, -0.2) is 17.8 Å². The van der Waals surface area contributed by atoms with Gasteiger partial charge in [0, 0.05) is 3.57 Å². The van der Waals surface area contributed by atoms with Crippen molar-refractivity contribution in [2.24, 2.45) is 0 Å². The van der Waals surface area contributed by atoms with Crippen LogP contribution in [0.5, 0.6) is 0 Å². The summed E-state index contributed by atoms with van der Waals surface area (Å²) in [5, 5.41) is 2.22. The van der Waals surface area contributed by atoms with E-state index < -0.39 is 17.8 Å². The van der Waals surface area contributed by atoms with Crippen LogP contribution < -0.4 is 10.2 Å². The van der Waals surface area contributed by atoms with Crippen LogP contribution in [0.2, 0.25) is 0 Å². The zero-order chi connectivity index (χ0) is 17.3. The van der Waals surface area contributed by atoms with Crippen molar-refractivity contribution in [1.82, 2.24) is 5.32 Å². The highest BCUT2D eigenvalue weighted by molar-refractivity contribution is 14.1. The van der Waals surface area contributed by atoms with Crippen molar-refractivity contribution in [3.63, 3.8) is 0 Å². The minimum atomic E-state index is -0.740. The van der Waals surface area contributed by atoms with Crippen LogP contribution in [0, 0.1) is 10.5 Å². The number of nitrogens with zero attached hydrogens (tertiary/aromatic N) is 1. The third-order valence-electron chi connectivity index (χ3n) is 3.54. The maximum Gasteiger partial charge on any atom is 0.335 e. The van der Waals surface area contributed by atoms with Crippen molar-refractivity contribution in [1.29, 1.82) is 0 Å². The van der Waals surface area contributed by atoms with Gasteiger partial charge in [-0.3, -0.25) is 14.9 Å². The third kappa shape index (κ3) is 3.23. The number of hydrogen-bond acceptors (Lipinski definition) is 3. The van der Waals surface area contributed by atoms with Crippen LogP contribution in [0.25, 0.3) is 6.08 Å². The Kier molecular flexibility index (Phi) is 4.48. The average molecular weight is 432 g/mol. The van der Waals surface area contributed by atoms with Crippen molar-refractivity contribution in [2.45, 2.75) is 6.92 Å². The summed E-state index contributed by atoms with van der Waals surface area (Å²) >= 11 is 2.17. The molecule has 1 saturated heterocycles. The number of benzene rings is 2. The largest absolute Gasteiger partial charge is 0.335 e. The summed E-state index contributed by atoms with van der Waals surface area (Å²) < 4.78 is 1.05. The standard InChI is InChI=1S/C18H13IN2O3/c1-11-3-2-4-14(9-11)21-17(23)15(16(22)20-18(21)24)10-12-5-7-13(19)8-6-12/h2-10H,1H3,(H,20,22,24)/b15-10+. The van der Waals surface area contributed by atoms with Crippen molar-refractivity contribution >= 4 is 52.2 Å².